The SMILES string of the molecule is CCOc1ccc(NC(=O)[C@H]2[C@@H]3OC4(CC3Br)C(C(=O)Nc3ccc(N(CC)CC)cc3)N([C@@H](CC)CO)C(=O)[C@H]24)cc1. The van der Waals surface area contributed by atoms with Crippen LogP contribution in [-0.4, -0.2) is 82.6 Å². The van der Waals surface area contributed by atoms with Gasteiger partial charge in [-0.2, -0.15) is 0 Å². The maximum Gasteiger partial charge on any atom is 0.250 e. The molecule has 3 fully saturated rings. The molecule has 10 nitrogen and oxygen atoms in total. The molecule has 3 amide bonds. The molecule has 7 atom stereocenters. The fourth-order valence-electron chi connectivity index (χ4n) is 7.06. The number of hydrogen-bond donors (Lipinski definition) is 3. The highest BCUT2D eigenvalue weighted by atomic mass is 79.9. The molecule has 11 heteroatoms. The van der Waals surface area contributed by atoms with Crippen molar-refractivity contribution in [3.05, 3.63) is 48.5 Å². The minimum atomic E-state index is -1.22. The van der Waals surface area contributed by atoms with Crippen LogP contribution in [0, 0.1) is 11.8 Å². The number of likely N-dealkylation sites (tertiary alicyclic amines) is 1. The van der Waals surface area contributed by atoms with Gasteiger partial charge in [0.1, 0.15) is 17.4 Å². The average Bonchev–Trinajstić information content (AvgIpc) is 3.60. The number of aliphatic hydroxyl groups excluding tert-OH is 1. The van der Waals surface area contributed by atoms with E-state index in [-0.39, 0.29) is 23.2 Å². The second-order valence-corrected chi connectivity index (χ2v) is 12.5. The van der Waals surface area contributed by atoms with E-state index in [1.807, 2.05) is 38.1 Å². The van der Waals surface area contributed by atoms with Crippen LogP contribution in [0.2, 0.25) is 0 Å². The van der Waals surface area contributed by atoms with Gasteiger partial charge >= 0.3 is 0 Å². The van der Waals surface area contributed by atoms with Crippen molar-refractivity contribution in [2.45, 2.75) is 69.2 Å². The third kappa shape index (κ3) is 5.51. The highest BCUT2D eigenvalue weighted by molar-refractivity contribution is 9.09. The topological polar surface area (TPSA) is 120 Å². The molecule has 3 aliphatic heterocycles. The highest BCUT2D eigenvalue weighted by Gasteiger charge is 2.77. The molecule has 0 saturated carbocycles. The lowest BCUT2D eigenvalue weighted by Crippen LogP contribution is -2.56. The quantitative estimate of drug-likeness (QED) is 0.295. The Labute approximate surface area is 261 Å². The molecule has 3 aliphatic rings. The summed E-state index contributed by atoms with van der Waals surface area (Å²) in [5, 5.41) is 16.2. The van der Waals surface area contributed by atoms with Gasteiger partial charge in [0.15, 0.2) is 0 Å². The predicted octanol–water partition coefficient (Wildman–Crippen LogP) is 4.03. The third-order valence-electron chi connectivity index (χ3n) is 9.05. The maximum atomic E-state index is 14.2. The summed E-state index contributed by atoms with van der Waals surface area (Å²) in [7, 11) is 0. The number of nitrogens with zero attached hydrogens (tertiary/aromatic N) is 2. The summed E-state index contributed by atoms with van der Waals surface area (Å²) in [4.78, 5) is 45.6. The second-order valence-electron chi connectivity index (χ2n) is 11.3. The molecule has 3 N–H and O–H groups in total. The normalized spacial score (nSPS) is 28.0. The minimum absolute atomic E-state index is 0.231. The van der Waals surface area contributed by atoms with Gasteiger partial charge in [-0.1, -0.05) is 22.9 Å². The maximum absolute atomic E-state index is 14.2. The molecular formula is C32H41BrN4O6. The summed E-state index contributed by atoms with van der Waals surface area (Å²) in [6.45, 7) is 9.89. The van der Waals surface area contributed by atoms with Crippen molar-refractivity contribution in [2.75, 3.05) is 41.8 Å². The molecule has 3 saturated heterocycles. The second kappa shape index (κ2) is 12.8. The van der Waals surface area contributed by atoms with Crippen LogP contribution < -0.4 is 20.3 Å². The van der Waals surface area contributed by atoms with Crippen molar-refractivity contribution in [2.24, 2.45) is 11.8 Å². The number of benzene rings is 2. The summed E-state index contributed by atoms with van der Waals surface area (Å²) >= 11 is 3.70. The van der Waals surface area contributed by atoms with E-state index in [1.165, 1.54) is 4.90 Å². The van der Waals surface area contributed by atoms with Crippen LogP contribution in [0.25, 0.3) is 0 Å². The summed E-state index contributed by atoms with van der Waals surface area (Å²) < 4.78 is 12.1. The van der Waals surface area contributed by atoms with Crippen LogP contribution in [-0.2, 0) is 19.1 Å². The van der Waals surface area contributed by atoms with Crippen LogP contribution in [0.4, 0.5) is 17.1 Å². The number of hydrogen-bond acceptors (Lipinski definition) is 7. The molecule has 2 bridgehead atoms. The van der Waals surface area contributed by atoms with E-state index >= 15 is 0 Å². The van der Waals surface area contributed by atoms with Crippen LogP contribution in [0.15, 0.2) is 48.5 Å². The van der Waals surface area contributed by atoms with Crippen LogP contribution >= 0.6 is 15.9 Å². The van der Waals surface area contributed by atoms with Crippen LogP contribution in [0.3, 0.4) is 0 Å². The Balaban J connectivity index is 1.44. The summed E-state index contributed by atoms with van der Waals surface area (Å²) in [5.41, 5.74) is 0.998. The van der Waals surface area contributed by atoms with Gasteiger partial charge in [0.25, 0.3) is 0 Å². The summed E-state index contributed by atoms with van der Waals surface area (Å²) in [6, 6.07) is 13.0. The lowest BCUT2D eigenvalue weighted by molar-refractivity contribution is -0.143. The molecule has 232 valence electrons. The molecule has 0 aliphatic carbocycles. The van der Waals surface area contributed by atoms with Crippen LogP contribution in [0.1, 0.15) is 40.5 Å². The molecule has 2 aromatic carbocycles. The largest absolute Gasteiger partial charge is 0.494 e. The van der Waals surface area contributed by atoms with Crippen molar-refractivity contribution in [1.82, 2.24) is 4.90 Å². The number of carbonyl (C=O) groups excluding carboxylic acids is 3. The van der Waals surface area contributed by atoms with Crippen molar-refractivity contribution in [3.63, 3.8) is 0 Å². The lowest BCUT2D eigenvalue weighted by atomic mass is 9.70. The smallest absolute Gasteiger partial charge is 0.250 e. The third-order valence-corrected chi connectivity index (χ3v) is 9.89. The number of aliphatic hydroxyl groups is 1. The Morgan fingerprint density at radius 1 is 1.05 bits per heavy atom. The molecule has 1 spiro atoms. The Hall–Kier alpha value is -3.15. The monoisotopic (exact) mass is 656 g/mol. The van der Waals surface area contributed by atoms with Gasteiger partial charge < -0.3 is 35.0 Å². The molecule has 43 heavy (non-hydrogen) atoms. The number of carbonyl (C=O) groups is 3. The molecule has 3 heterocycles. The summed E-state index contributed by atoms with van der Waals surface area (Å²) in [6.07, 6.45) is 0.243. The zero-order valence-electron chi connectivity index (χ0n) is 25.1. The Morgan fingerprint density at radius 2 is 1.65 bits per heavy atom. The first kappa shape index (κ1) is 31.3. The number of nitrogens with one attached hydrogen (secondary N) is 2. The number of amides is 3. The standard InChI is InChI=1S/C32H41BrN4O6/c1-5-21(18-38)37-28(30(40)35-19-9-13-22(14-10-19)36(6-2)7-3)32-17-24(33)27(43-32)25(26(32)31(37)41)29(39)34-20-11-15-23(16-12-20)42-8-4/h9-16,21,24-28,38H,5-8,17-18H2,1-4H3,(H,34,39)(H,35,40)/t21-,24?,25+,26-,27+,28?,32?/m0/s1. The summed E-state index contributed by atoms with van der Waals surface area (Å²) in [5.74, 6) is -2.07. The fourth-order valence-corrected chi connectivity index (χ4v) is 8.00. The van der Waals surface area contributed by atoms with E-state index in [2.05, 4.69) is 45.3 Å². The first-order valence-corrected chi connectivity index (χ1v) is 16.1. The number of alkyl halides is 1. The van der Waals surface area contributed by atoms with Crippen LogP contribution in [0.5, 0.6) is 5.75 Å². The van der Waals surface area contributed by atoms with Gasteiger partial charge in [-0.3, -0.25) is 14.4 Å². The van der Waals surface area contributed by atoms with Gasteiger partial charge in [0.05, 0.1) is 37.2 Å². The molecule has 2 aromatic rings. The van der Waals surface area contributed by atoms with E-state index in [9.17, 15) is 19.5 Å². The Bertz CT molecular complexity index is 1320. The minimum Gasteiger partial charge on any atom is -0.494 e. The number of ether oxygens (including phenoxy) is 2. The molecule has 5 rings (SSSR count). The molecule has 3 unspecified atom stereocenters. The van der Waals surface area contributed by atoms with E-state index in [0.717, 1.165) is 18.8 Å². The number of fused-ring (bicyclic) bond motifs is 1. The van der Waals surface area contributed by atoms with Crippen molar-refractivity contribution in [1.29, 1.82) is 0 Å². The predicted molar refractivity (Wildman–Crippen MR) is 169 cm³/mol. The number of rotatable bonds is 12. The zero-order valence-corrected chi connectivity index (χ0v) is 26.7. The van der Waals surface area contributed by atoms with E-state index in [1.54, 1.807) is 24.3 Å². The first-order valence-electron chi connectivity index (χ1n) is 15.2. The number of anilines is 3. The molecular weight excluding hydrogens is 616 g/mol. The van der Waals surface area contributed by atoms with E-state index < -0.39 is 41.5 Å². The fraction of sp³-hybridized carbons (Fsp3) is 0.531. The van der Waals surface area contributed by atoms with Gasteiger partial charge in [-0.25, -0.2) is 0 Å². The van der Waals surface area contributed by atoms with Gasteiger partial charge in [-0.05, 0) is 82.1 Å². The lowest BCUT2D eigenvalue weighted by Gasteiger charge is -2.36. The van der Waals surface area contributed by atoms with Crippen molar-refractivity contribution < 1.29 is 29.0 Å². The van der Waals surface area contributed by atoms with Crippen molar-refractivity contribution >= 4 is 50.7 Å². The van der Waals surface area contributed by atoms with Gasteiger partial charge in [0.2, 0.25) is 17.7 Å². The number of halogens is 1. The highest BCUT2D eigenvalue weighted by Crippen LogP contribution is 2.60. The van der Waals surface area contributed by atoms with E-state index in [4.69, 9.17) is 9.47 Å². The Kier molecular flexibility index (Phi) is 9.34. The van der Waals surface area contributed by atoms with Crippen molar-refractivity contribution in [3.8, 4) is 5.75 Å². The van der Waals surface area contributed by atoms with E-state index in [0.29, 0.717) is 36.6 Å². The first-order chi connectivity index (χ1) is 20.7. The van der Waals surface area contributed by atoms with Gasteiger partial charge in [0, 0.05) is 35.0 Å². The molecule has 0 aromatic heterocycles. The average molecular weight is 658 g/mol. The Morgan fingerprint density at radius 3 is 2.21 bits per heavy atom. The zero-order chi connectivity index (χ0) is 30.9. The van der Waals surface area contributed by atoms with Gasteiger partial charge in [-0.15, -0.1) is 0 Å². The molecule has 0 radical (unpaired) electrons.